The minimum atomic E-state index is -0.466. The molecule has 5 nitrogen and oxygen atoms in total. The number of hydrogen-bond acceptors (Lipinski definition) is 4. The first-order chi connectivity index (χ1) is 9.47. The number of phenolic OH excluding ortho intramolecular Hbond substituents is 1. The first-order valence-corrected chi connectivity index (χ1v) is 6.34. The Morgan fingerprint density at radius 3 is 2.50 bits per heavy atom. The van der Waals surface area contributed by atoms with Gasteiger partial charge in [0.2, 0.25) is 0 Å². The highest BCUT2D eigenvalue weighted by molar-refractivity contribution is 6.33. The molecule has 2 rings (SSSR count). The van der Waals surface area contributed by atoms with Crippen LogP contribution in [0, 0.1) is 10.1 Å². The van der Waals surface area contributed by atoms with Crippen molar-refractivity contribution in [3.8, 4) is 5.75 Å². The highest BCUT2D eigenvalue weighted by Gasteiger charge is 2.12. The summed E-state index contributed by atoms with van der Waals surface area (Å²) in [5, 5.41) is 23.6. The molecular formula is C14H13ClN2O3. The molecule has 2 aromatic rings. The highest BCUT2D eigenvalue weighted by Crippen LogP contribution is 2.30. The molecule has 0 saturated carbocycles. The van der Waals surface area contributed by atoms with Gasteiger partial charge in [-0.05, 0) is 30.7 Å². The van der Waals surface area contributed by atoms with Crippen LogP contribution in [0.3, 0.4) is 0 Å². The number of anilines is 1. The van der Waals surface area contributed by atoms with Gasteiger partial charge < -0.3 is 10.4 Å². The number of nitrogens with one attached hydrogen (secondary N) is 1. The first-order valence-electron chi connectivity index (χ1n) is 5.97. The van der Waals surface area contributed by atoms with Crippen LogP contribution >= 0.6 is 11.6 Å². The molecule has 104 valence electrons. The summed E-state index contributed by atoms with van der Waals surface area (Å²) in [5.74, 6) is 0.189. The number of nitro benzene ring substituents is 1. The molecule has 0 heterocycles. The van der Waals surface area contributed by atoms with Crippen LogP contribution in [0.2, 0.25) is 5.02 Å². The van der Waals surface area contributed by atoms with Crippen molar-refractivity contribution in [2.75, 3.05) is 5.32 Å². The van der Waals surface area contributed by atoms with Crippen LogP contribution in [0.4, 0.5) is 11.4 Å². The van der Waals surface area contributed by atoms with Crippen molar-refractivity contribution in [2.45, 2.75) is 13.0 Å². The lowest BCUT2D eigenvalue weighted by Gasteiger charge is -2.16. The second kappa shape index (κ2) is 5.79. The van der Waals surface area contributed by atoms with Gasteiger partial charge in [0.1, 0.15) is 5.75 Å². The SMILES string of the molecule is CC(Nc1cc([N+](=O)[O-])ccc1Cl)c1ccc(O)cc1. The summed E-state index contributed by atoms with van der Waals surface area (Å²) in [4.78, 5) is 10.3. The molecule has 0 aliphatic rings. The average molecular weight is 293 g/mol. The molecular weight excluding hydrogens is 280 g/mol. The predicted octanol–water partition coefficient (Wildman–Crippen LogP) is 4.13. The molecule has 6 heteroatoms. The van der Waals surface area contributed by atoms with E-state index in [2.05, 4.69) is 5.32 Å². The van der Waals surface area contributed by atoms with Crippen molar-refractivity contribution in [1.82, 2.24) is 0 Å². The molecule has 0 radical (unpaired) electrons. The van der Waals surface area contributed by atoms with Crippen LogP contribution in [-0.2, 0) is 0 Å². The minimum absolute atomic E-state index is 0.0187. The predicted molar refractivity (Wildman–Crippen MR) is 78.3 cm³/mol. The summed E-state index contributed by atoms with van der Waals surface area (Å²) < 4.78 is 0. The molecule has 2 aromatic carbocycles. The molecule has 0 saturated heterocycles. The van der Waals surface area contributed by atoms with Crippen LogP contribution in [-0.4, -0.2) is 10.0 Å². The van der Waals surface area contributed by atoms with Crippen LogP contribution < -0.4 is 5.32 Å². The van der Waals surface area contributed by atoms with E-state index in [0.717, 1.165) is 5.56 Å². The Kier molecular flexibility index (Phi) is 4.10. The van der Waals surface area contributed by atoms with Crippen molar-refractivity contribution in [1.29, 1.82) is 0 Å². The van der Waals surface area contributed by atoms with E-state index in [4.69, 9.17) is 11.6 Å². The van der Waals surface area contributed by atoms with Crippen LogP contribution in [0.5, 0.6) is 5.75 Å². The number of halogens is 1. The third-order valence-electron chi connectivity index (χ3n) is 2.93. The van der Waals surface area contributed by atoms with E-state index in [9.17, 15) is 15.2 Å². The van der Waals surface area contributed by atoms with Gasteiger partial charge in [0.15, 0.2) is 0 Å². The van der Waals surface area contributed by atoms with Gasteiger partial charge in [-0.2, -0.15) is 0 Å². The van der Waals surface area contributed by atoms with Gasteiger partial charge in [-0.25, -0.2) is 0 Å². The fourth-order valence-electron chi connectivity index (χ4n) is 1.82. The Morgan fingerprint density at radius 1 is 1.25 bits per heavy atom. The molecule has 1 unspecified atom stereocenters. The number of nitrogens with zero attached hydrogens (tertiary/aromatic N) is 1. The fraction of sp³-hybridized carbons (Fsp3) is 0.143. The summed E-state index contributed by atoms with van der Waals surface area (Å²) in [6.45, 7) is 1.90. The number of non-ortho nitro benzene ring substituents is 1. The molecule has 1 atom stereocenters. The lowest BCUT2D eigenvalue weighted by atomic mass is 10.1. The van der Waals surface area contributed by atoms with E-state index >= 15 is 0 Å². The van der Waals surface area contributed by atoms with Gasteiger partial charge in [-0.15, -0.1) is 0 Å². The maximum absolute atomic E-state index is 10.8. The van der Waals surface area contributed by atoms with Gasteiger partial charge in [-0.1, -0.05) is 23.7 Å². The Bertz CT molecular complexity index is 629. The van der Waals surface area contributed by atoms with Gasteiger partial charge in [0.05, 0.1) is 15.6 Å². The number of nitro groups is 1. The largest absolute Gasteiger partial charge is 0.508 e. The van der Waals surface area contributed by atoms with Gasteiger partial charge in [0, 0.05) is 18.2 Å². The lowest BCUT2D eigenvalue weighted by molar-refractivity contribution is -0.384. The number of rotatable bonds is 4. The Morgan fingerprint density at radius 2 is 1.90 bits per heavy atom. The van der Waals surface area contributed by atoms with E-state index in [1.54, 1.807) is 24.3 Å². The zero-order valence-electron chi connectivity index (χ0n) is 10.7. The summed E-state index contributed by atoms with van der Waals surface area (Å²) in [6.07, 6.45) is 0. The molecule has 0 aliphatic heterocycles. The quantitative estimate of drug-likeness (QED) is 0.656. The van der Waals surface area contributed by atoms with Gasteiger partial charge >= 0.3 is 0 Å². The second-order valence-electron chi connectivity index (χ2n) is 4.38. The van der Waals surface area contributed by atoms with E-state index in [0.29, 0.717) is 10.7 Å². The van der Waals surface area contributed by atoms with Crippen molar-refractivity contribution in [2.24, 2.45) is 0 Å². The zero-order valence-corrected chi connectivity index (χ0v) is 11.5. The molecule has 0 aromatic heterocycles. The van der Waals surface area contributed by atoms with Crippen LogP contribution in [0.15, 0.2) is 42.5 Å². The van der Waals surface area contributed by atoms with E-state index in [1.807, 2.05) is 6.92 Å². The van der Waals surface area contributed by atoms with Crippen LogP contribution in [0.1, 0.15) is 18.5 Å². The summed E-state index contributed by atoms with van der Waals surface area (Å²) >= 11 is 6.03. The maximum Gasteiger partial charge on any atom is 0.271 e. The van der Waals surface area contributed by atoms with Crippen molar-refractivity contribution >= 4 is 23.0 Å². The first kappa shape index (κ1) is 14.1. The lowest BCUT2D eigenvalue weighted by Crippen LogP contribution is -2.07. The maximum atomic E-state index is 10.8. The number of hydrogen-bond donors (Lipinski definition) is 2. The molecule has 0 amide bonds. The monoisotopic (exact) mass is 292 g/mol. The van der Waals surface area contributed by atoms with Crippen LogP contribution in [0.25, 0.3) is 0 Å². The van der Waals surface area contributed by atoms with E-state index < -0.39 is 4.92 Å². The van der Waals surface area contributed by atoms with E-state index in [-0.39, 0.29) is 17.5 Å². The third kappa shape index (κ3) is 3.19. The fourth-order valence-corrected chi connectivity index (χ4v) is 1.99. The second-order valence-corrected chi connectivity index (χ2v) is 4.79. The normalized spacial score (nSPS) is 11.9. The minimum Gasteiger partial charge on any atom is -0.508 e. The van der Waals surface area contributed by atoms with Gasteiger partial charge in [-0.3, -0.25) is 10.1 Å². The number of benzene rings is 2. The van der Waals surface area contributed by atoms with Crippen molar-refractivity contribution in [3.63, 3.8) is 0 Å². The summed E-state index contributed by atoms with van der Waals surface area (Å²) in [7, 11) is 0. The topological polar surface area (TPSA) is 75.4 Å². The molecule has 0 aliphatic carbocycles. The molecule has 2 N–H and O–H groups in total. The molecule has 20 heavy (non-hydrogen) atoms. The Hall–Kier alpha value is -2.27. The van der Waals surface area contributed by atoms with Crippen molar-refractivity contribution in [3.05, 3.63) is 63.2 Å². The molecule has 0 spiro atoms. The van der Waals surface area contributed by atoms with E-state index in [1.165, 1.54) is 18.2 Å². The van der Waals surface area contributed by atoms with Gasteiger partial charge in [0.25, 0.3) is 5.69 Å². The standard InChI is InChI=1S/C14H13ClN2O3/c1-9(10-2-5-12(18)6-3-10)16-14-8-11(17(19)20)4-7-13(14)15/h2-9,16,18H,1H3. The zero-order chi connectivity index (χ0) is 14.7. The smallest absolute Gasteiger partial charge is 0.271 e. The summed E-state index contributed by atoms with van der Waals surface area (Å²) in [5.41, 5.74) is 1.42. The average Bonchev–Trinajstić information content (AvgIpc) is 2.41. The summed E-state index contributed by atoms with van der Waals surface area (Å²) in [6, 6.07) is 10.9. The number of aromatic hydroxyl groups is 1. The highest BCUT2D eigenvalue weighted by atomic mass is 35.5. The third-order valence-corrected chi connectivity index (χ3v) is 3.26. The molecule has 0 bridgehead atoms. The number of phenols is 1. The van der Waals surface area contributed by atoms with Crippen molar-refractivity contribution < 1.29 is 10.0 Å². The molecule has 0 fully saturated rings. The Labute approximate surface area is 121 Å². The Balaban J connectivity index is 2.22.